The zero-order valence-corrected chi connectivity index (χ0v) is 11.0. The van der Waals surface area contributed by atoms with Crippen molar-refractivity contribution >= 4 is 18.3 Å². The highest BCUT2D eigenvalue weighted by Crippen LogP contribution is 2.12. The van der Waals surface area contributed by atoms with Crippen LogP contribution < -0.4 is 10.6 Å². The van der Waals surface area contributed by atoms with Gasteiger partial charge in [-0.05, 0) is 24.7 Å². The number of hydrogen-bond donors (Lipinski definition) is 3. The van der Waals surface area contributed by atoms with Crippen LogP contribution in [0.25, 0.3) is 0 Å². The molecule has 1 aromatic rings. The third kappa shape index (κ3) is 5.95. The molecule has 0 aliphatic rings. The Kier molecular flexibility index (Phi) is 8.28. The molecule has 0 radical (unpaired) electrons. The van der Waals surface area contributed by atoms with Crippen LogP contribution in [0.15, 0.2) is 24.3 Å². The molecule has 0 bridgehead atoms. The van der Waals surface area contributed by atoms with Crippen LogP contribution in [0.5, 0.6) is 0 Å². The molecule has 4 nitrogen and oxygen atoms in total. The molecule has 0 heterocycles. The third-order valence-corrected chi connectivity index (χ3v) is 2.33. The standard InChI is InChI=1S/C12H17FN2O2.ClH/c1-14-6-5-12(17)15-8-11(16)9-3-2-4-10(13)7-9;/h2-4,7,11,14,16H,5-6,8H2,1H3,(H,15,17);1H. The Morgan fingerprint density at radius 3 is 2.83 bits per heavy atom. The average molecular weight is 277 g/mol. The maximum Gasteiger partial charge on any atom is 0.221 e. The van der Waals surface area contributed by atoms with Gasteiger partial charge in [0.1, 0.15) is 5.82 Å². The van der Waals surface area contributed by atoms with Crippen molar-refractivity contribution in [1.29, 1.82) is 0 Å². The number of nitrogens with one attached hydrogen (secondary N) is 2. The minimum atomic E-state index is -0.885. The second-order valence-electron chi connectivity index (χ2n) is 3.73. The first-order chi connectivity index (χ1) is 8.13. The highest BCUT2D eigenvalue weighted by Gasteiger charge is 2.09. The highest BCUT2D eigenvalue weighted by atomic mass is 35.5. The Labute approximate surface area is 112 Å². The van der Waals surface area contributed by atoms with Crippen molar-refractivity contribution in [3.63, 3.8) is 0 Å². The van der Waals surface area contributed by atoms with Crippen LogP contribution in [0, 0.1) is 5.82 Å². The van der Waals surface area contributed by atoms with Gasteiger partial charge in [0.25, 0.3) is 0 Å². The molecule has 102 valence electrons. The summed E-state index contributed by atoms with van der Waals surface area (Å²) in [4.78, 5) is 11.3. The zero-order chi connectivity index (χ0) is 12.7. The first-order valence-electron chi connectivity index (χ1n) is 5.48. The second-order valence-corrected chi connectivity index (χ2v) is 3.73. The molecular formula is C12H18ClFN2O2. The van der Waals surface area contributed by atoms with Gasteiger partial charge in [0.05, 0.1) is 6.10 Å². The predicted octanol–water partition coefficient (Wildman–Crippen LogP) is 1.01. The number of rotatable bonds is 6. The molecule has 0 saturated heterocycles. The summed E-state index contributed by atoms with van der Waals surface area (Å²) in [6, 6.07) is 5.70. The van der Waals surface area contributed by atoms with Crippen LogP contribution in [-0.2, 0) is 4.79 Å². The van der Waals surface area contributed by atoms with E-state index in [1.165, 1.54) is 18.2 Å². The zero-order valence-electron chi connectivity index (χ0n) is 10.1. The molecule has 0 aromatic heterocycles. The minimum absolute atomic E-state index is 0. The van der Waals surface area contributed by atoms with Crippen molar-refractivity contribution in [1.82, 2.24) is 10.6 Å². The number of carbonyl (C=O) groups is 1. The first kappa shape index (κ1) is 16.8. The predicted molar refractivity (Wildman–Crippen MR) is 70.2 cm³/mol. The molecule has 0 spiro atoms. The number of halogens is 2. The monoisotopic (exact) mass is 276 g/mol. The molecule has 1 aromatic carbocycles. The number of benzene rings is 1. The average Bonchev–Trinajstić information content (AvgIpc) is 2.33. The summed E-state index contributed by atoms with van der Waals surface area (Å²) in [5, 5.41) is 15.2. The van der Waals surface area contributed by atoms with Gasteiger partial charge >= 0.3 is 0 Å². The lowest BCUT2D eigenvalue weighted by Crippen LogP contribution is -2.30. The van der Waals surface area contributed by atoms with E-state index < -0.39 is 11.9 Å². The van der Waals surface area contributed by atoms with Gasteiger partial charge in [-0.25, -0.2) is 4.39 Å². The van der Waals surface area contributed by atoms with Gasteiger partial charge in [0.15, 0.2) is 0 Å². The van der Waals surface area contributed by atoms with E-state index in [0.717, 1.165) is 0 Å². The van der Waals surface area contributed by atoms with Gasteiger partial charge in [0.2, 0.25) is 5.91 Å². The Morgan fingerprint density at radius 1 is 1.50 bits per heavy atom. The maximum atomic E-state index is 12.9. The molecule has 0 aliphatic carbocycles. The van der Waals surface area contributed by atoms with E-state index in [-0.39, 0.29) is 24.9 Å². The van der Waals surface area contributed by atoms with Gasteiger partial charge in [-0.1, -0.05) is 12.1 Å². The topological polar surface area (TPSA) is 61.4 Å². The van der Waals surface area contributed by atoms with Crippen molar-refractivity contribution < 1.29 is 14.3 Å². The van der Waals surface area contributed by atoms with Gasteiger partial charge in [-0.15, -0.1) is 12.4 Å². The van der Waals surface area contributed by atoms with Crippen molar-refractivity contribution in [2.45, 2.75) is 12.5 Å². The largest absolute Gasteiger partial charge is 0.387 e. The quantitative estimate of drug-likeness (QED) is 0.727. The van der Waals surface area contributed by atoms with Crippen LogP contribution in [0.1, 0.15) is 18.1 Å². The third-order valence-electron chi connectivity index (χ3n) is 2.33. The molecule has 1 amide bonds. The summed E-state index contributed by atoms with van der Waals surface area (Å²) < 4.78 is 12.9. The van der Waals surface area contributed by atoms with E-state index in [4.69, 9.17) is 0 Å². The fraction of sp³-hybridized carbons (Fsp3) is 0.417. The minimum Gasteiger partial charge on any atom is -0.387 e. The smallest absolute Gasteiger partial charge is 0.221 e. The lowest BCUT2D eigenvalue weighted by molar-refractivity contribution is -0.121. The normalized spacial score (nSPS) is 11.5. The van der Waals surface area contributed by atoms with Gasteiger partial charge < -0.3 is 15.7 Å². The number of hydrogen-bond acceptors (Lipinski definition) is 3. The van der Waals surface area contributed by atoms with E-state index in [1.807, 2.05) is 0 Å². The molecule has 0 fully saturated rings. The number of carbonyl (C=O) groups excluding carboxylic acids is 1. The van der Waals surface area contributed by atoms with E-state index in [2.05, 4.69) is 10.6 Å². The van der Waals surface area contributed by atoms with Crippen LogP contribution >= 0.6 is 12.4 Å². The Hall–Kier alpha value is -1.17. The summed E-state index contributed by atoms with van der Waals surface area (Å²) in [5.41, 5.74) is 0.457. The summed E-state index contributed by atoms with van der Waals surface area (Å²) in [5.74, 6) is -0.544. The summed E-state index contributed by atoms with van der Waals surface area (Å²) in [6.45, 7) is 0.674. The first-order valence-corrected chi connectivity index (χ1v) is 5.48. The van der Waals surface area contributed by atoms with Crippen molar-refractivity contribution in [2.75, 3.05) is 20.1 Å². The van der Waals surface area contributed by atoms with E-state index >= 15 is 0 Å². The summed E-state index contributed by atoms with van der Waals surface area (Å²) in [7, 11) is 1.76. The highest BCUT2D eigenvalue weighted by molar-refractivity contribution is 5.85. The molecule has 3 N–H and O–H groups in total. The molecule has 0 aliphatic heterocycles. The fourth-order valence-electron chi connectivity index (χ4n) is 1.37. The molecule has 18 heavy (non-hydrogen) atoms. The van der Waals surface area contributed by atoms with E-state index in [9.17, 15) is 14.3 Å². The number of aliphatic hydroxyl groups excluding tert-OH is 1. The van der Waals surface area contributed by atoms with Gasteiger partial charge in [-0.3, -0.25) is 4.79 Å². The van der Waals surface area contributed by atoms with Gasteiger partial charge in [-0.2, -0.15) is 0 Å². The summed E-state index contributed by atoms with van der Waals surface area (Å²) >= 11 is 0. The van der Waals surface area contributed by atoms with Gasteiger partial charge in [0, 0.05) is 19.5 Å². The summed E-state index contributed by atoms with van der Waals surface area (Å²) in [6.07, 6.45) is -0.531. The van der Waals surface area contributed by atoms with E-state index in [1.54, 1.807) is 13.1 Å². The van der Waals surface area contributed by atoms with Crippen LogP contribution in [0.4, 0.5) is 4.39 Å². The van der Waals surface area contributed by atoms with Crippen LogP contribution in [0.2, 0.25) is 0 Å². The van der Waals surface area contributed by atoms with Crippen LogP contribution in [0.3, 0.4) is 0 Å². The molecule has 1 unspecified atom stereocenters. The Balaban J connectivity index is 0.00000289. The fourth-order valence-corrected chi connectivity index (χ4v) is 1.37. The lowest BCUT2D eigenvalue weighted by Gasteiger charge is -2.12. The molecule has 6 heteroatoms. The van der Waals surface area contributed by atoms with Crippen molar-refractivity contribution in [2.24, 2.45) is 0 Å². The molecule has 1 atom stereocenters. The van der Waals surface area contributed by atoms with Crippen LogP contribution in [-0.4, -0.2) is 31.2 Å². The maximum absolute atomic E-state index is 12.9. The van der Waals surface area contributed by atoms with Crippen molar-refractivity contribution in [3.05, 3.63) is 35.6 Å². The molecule has 0 saturated carbocycles. The number of amides is 1. The molecule has 1 rings (SSSR count). The van der Waals surface area contributed by atoms with Crippen molar-refractivity contribution in [3.8, 4) is 0 Å². The second kappa shape index (κ2) is 8.85. The number of aliphatic hydroxyl groups is 1. The molecular weight excluding hydrogens is 259 g/mol. The lowest BCUT2D eigenvalue weighted by atomic mass is 10.1. The van der Waals surface area contributed by atoms with E-state index in [0.29, 0.717) is 18.5 Å². The SMILES string of the molecule is CNCCC(=O)NCC(O)c1cccc(F)c1.Cl. The Morgan fingerprint density at radius 2 is 2.22 bits per heavy atom. The Bertz CT molecular complexity index is 377.